The number of ether oxygens (including phenoxy) is 1. The van der Waals surface area contributed by atoms with Crippen LogP contribution in [0, 0.1) is 6.92 Å². The molecule has 0 bridgehead atoms. The number of aryl methyl sites for hydroxylation is 1. The summed E-state index contributed by atoms with van der Waals surface area (Å²) in [5.74, 6) is 0.220. The second-order valence-corrected chi connectivity index (χ2v) is 5.76. The van der Waals surface area contributed by atoms with E-state index in [1.165, 1.54) is 11.2 Å². The van der Waals surface area contributed by atoms with Crippen molar-refractivity contribution in [3.63, 3.8) is 0 Å². The second kappa shape index (κ2) is 6.84. The molecule has 0 spiro atoms. The lowest BCUT2D eigenvalue weighted by atomic mass is 10.1. The molecule has 2 aromatic rings. The van der Waals surface area contributed by atoms with E-state index in [9.17, 15) is 14.7 Å². The number of hydrogen-bond acceptors (Lipinski definition) is 5. The molecule has 1 aliphatic rings. The van der Waals surface area contributed by atoms with Gasteiger partial charge in [-0.25, -0.2) is 4.98 Å². The first-order valence-electron chi connectivity index (χ1n) is 7.77. The van der Waals surface area contributed by atoms with Gasteiger partial charge in [-0.15, -0.1) is 0 Å². The molecule has 2 N–H and O–H groups in total. The average Bonchev–Trinajstić information content (AvgIpc) is 2.60. The Morgan fingerprint density at radius 2 is 2.25 bits per heavy atom. The molecule has 2 heterocycles. The van der Waals surface area contributed by atoms with Crippen LogP contribution in [-0.4, -0.2) is 45.1 Å². The Morgan fingerprint density at radius 3 is 3.04 bits per heavy atom. The minimum absolute atomic E-state index is 0.115. The molecule has 0 radical (unpaired) electrons. The normalized spacial score (nSPS) is 14.8. The van der Waals surface area contributed by atoms with Crippen LogP contribution >= 0.6 is 0 Å². The van der Waals surface area contributed by atoms with Gasteiger partial charge in [0.05, 0.1) is 18.6 Å². The Kier molecular flexibility index (Phi) is 4.61. The van der Waals surface area contributed by atoms with Gasteiger partial charge >= 0.3 is 0 Å². The molecule has 1 aromatic carbocycles. The van der Waals surface area contributed by atoms with Gasteiger partial charge in [0, 0.05) is 12.1 Å². The molecule has 3 rings (SSSR count). The number of aliphatic hydroxyl groups is 1. The van der Waals surface area contributed by atoms with E-state index in [4.69, 9.17) is 4.74 Å². The molecule has 0 aliphatic carbocycles. The van der Waals surface area contributed by atoms with Gasteiger partial charge in [-0.3, -0.25) is 9.59 Å². The van der Waals surface area contributed by atoms with Gasteiger partial charge in [0.1, 0.15) is 12.4 Å². The van der Waals surface area contributed by atoms with Crippen LogP contribution in [0.4, 0.5) is 0 Å². The van der Waals surface area contributed by atoms with Gasteiger partial charge in [-0.2, -0.15) is 0 Å². The number of H-pyrrole nitrogens is 1. The predicted octanol–water partition coefficient (Wildman–Crippen LogP) is 0.403. The molecule has 7 nitrogen and oxygen atoms in total. The molecule has 1 amide bonds. The Labute approximate surface area is 138 Å². The maximum Gasteiger partial charge on any atom is 0.255 e. The van der Waals surface area contributed by atoms with Crippen molar-refractivity contribution >= 4 is 5.91 Å². The molecule has 1 atom stereocenters. The van der Waals surface area contributed by atoms with Crippen LogP contribution in [0.5, 0.6) is 5.75 Å². The van der Waals surface area contributed by atoms with E-state index in [1.807, 2.05) is 25.1 Å². The second-order valence-electron chi connectivity index (χ2n) is 5.76. The number of hydrogen-bond donors (Lipinski definition) is 2. The Bertz CT molecular complexity index is 802. The number of para-hydroxylation sites is 1. The largest absolute Gasteiger partial charge is 0.490 e. The highest BCUT2D eigenvalue weighted by molar-refractivity contribution is 5.81. The summed E-state index contributed by atoms with van der Waals surface area (Å²) in [5, 5.41) is 10.1. The Balaban J connectivity index is 1.62. The van der Waals surface area contributed by atoms with Crippen molar-refractivity contribution in [1.29, 1.82) is 0 Å². The molecule has 1 aliphatic heterocycles. The molecule has 1 aromatic heterocycles. The summed E-state index contributed by atoms with van der Waals surface area (Å²) in [7, 11) is 0. The van der Waals surface area contributed by atoms with Crippen molar-refractivity contribution in [2.24, 2.45) is 0 Å². The summed E-state index contributed by atoms with van der Waals surface area (Å²) in [6.45, 7) is 2.38. The average molecular weight is 329 g/mol. The minimum atomic E-state index is -1.26. The zero-order valence-corrected chi connectivity index (χ0v) is 13.4. The zero-order chi connectivity index (χ0) is 17.1. The molecular weight excluding hydrogens is 310 g/mol. The summed E-state index contributed by atoms with van der Waals surface area (Å²) in [6.07, 6.45) is 0.496. The van der Waals surface area contributed by atoms with Crippen LogP contribution in [0.25, 0.3) is 0 Å². The SMILES string of the molecule is Cc1ccccc1OC[C@H](O)C(=O)N1CCc2c(nc[nH]c2=O)C1. The monoisotopic (exact) mass is 329 g/mol. The maximum absolute atomic E-state index is 12.4. The van der Waals surface area contributed by atoms with Crippen molar-refractivity contribution in [2.75, 3.05) is 13.2 Å². The maximum atomic E-state index is 12.4. The summed E-state index contributed by atoms with van der Waals surface area (Å²) in [6, 6.07) is 7.42. The van der Waals surface area contributed by atoms with E-state index in [0.29, 0.717) is 30.0 Å². The summed E-state index contributed by atoms with van der Waals surface area (Å²) >= 11 is 0. The van der Waals surface area contributed by atoms with E-state index in [0.717, 1.165) is 5.56 Å². The van der Waals surface area contributed by atoms with E-state index in [-0.39, 0.29) is 18.7 Å². The standard InChI is InChI=1S/C17H19N3O4/c1-11-4-2-3-5-15(11)24-9-14(21)17(23)20-7-6-12-13(8-20)18-10-19-16(12)22/h2-5,10,14,21H,6-9H2,1H3,(H,18,19,22)/t14-/m0/s1. The third-order valence-corrected chi connectivity index (χ3v) is 4.10. The molecule has 0 fully saturated rings. The molecular formula is C17H19N3O4. The van der Waals surface area contributed by atoms with E-state index >= 15 is 0 Å². The third-order valence-electron chi connectivity index (χ3n) is 4.10. The van der Waals surface area contributed by atoms with Gasteiger partial charge in [0.2, 0.25) is 0 Å². The quantitative estimate of drug-likeness (QED) is 0.847. The van der Waals surface area contributed by atoms with Gasteiger partial charge in [-0.05, 0) is 25.0 Å². The summed E-state index contributed by atoms with van der Waals surface area (Å²) in [5.41, 5.74) is 1.94. The predicted molar refractivity (Wildman–Crippen MR) is 86.7 cm³/mol. The van der Waals surface area contributed by atoms with E-state index in [2.05, 4.69) is 9.97 Å². The number of benzene rings is 1. The van der Waals surface area contributed by atoms with Gasteiger partial charge in [0.25, 0.3) is 11.5 Å². The number of carbonyl (C=O) groups is 1. The third kappa shape index (κ3) is 3.30. The summed E-state index contributed by atoms with van der Waals surface area (Å²) < 4.78 is 5.53. The highest BCUT2D eigenvalue weighted by Gasteiger charge is 2.28. The van der Waals surface area contributed by atoms with Crippen molar-refractivity contribution < 1.29 is 14.6 Å². The van der Waals surface area contributed by atoms with Crippen molar-refractivity contribution in [1.82, 2.24) is 14.9 Å². The molecule has 24 heavy (non-hydrogen) atoms. The van der Waals surface area contributed by atoms with Crippen molar-refractivity contribution in [3.05, 3.63) is 57.8 Å². The van der Waals surface area contributed by atoms with Crippen molar-refractivity contribution in [3.8, 4) is 5.75 Å². The van der Waals surface area contributed by atoms with Crippen molar-refractivity contribution in [2.45, 2.75) is 26.0 Å². The smallest absolute Gasteiger partial charge is 0.255 e. The molecule has 0 saturated carbocycles. The molecule has 7 heteroatoms. The number of aromatic nitrogens is 2. The first-order valence-corrected chi connectivity index (χ1v) is 7.77. The lowest BCUT2D eigenvalue weighted by Crippen LogP contribution is -2.45. The minimum Gasteiger partial charge on any atom is -0.490 e. The number of aliphatic hydroxyl groups excluding tert-OH is 1. The van der Waals surface area contributed by atoms with E-state index in [1.54, 1.807) is 6.07 Å². The lowest BCUT2D eigenvalue weighted by molar-refractivity contribution is -0.142. The fourth-order valence-corrected chi connectivity index (χ4v) is 2.72. The number of rotatable bonds is 4. The van der Waals surface area contributed by atoms with Crippen LogP contribution in [0.15, 0.2) is 35.4 Å². The number of fused-ring (bicyclic) bond motifs is 1. The summed E-state index contributed by atoms with van der Waals surface area (Å²) in [4.78, 5) is 32.2. The number of nitrogens with zero attached hydrogens (tertiary/aromatic N) is 2. The van der Waals surface area contributed by atoms with Crippen LogP contribution in [-0.2, 0) is 17.8 Å². The topological polar surface area (TPSA) is 95.5 Å². The molecule has 0 unspecified atom stereocenters. The molecule has 126 valence electrons. The first kappa shape index (κ1) is 16.2. The van der Waals surface area contributed by atoms with Crippen LogP contribution in [0.1, 0.15) is 16.8 Å². The highest BCUT2D eigenvalue weighted by Crippen LogP contribution is 2.17. The van der Waals surface area contributed by atoms with Crippen LogP contribution in [0.2, 0.25) is 0 Å². The van der Waals surface area contributed by atoms with Gasteiger partial charge in [-0.1, -0.05) is 18.2 Å². The van der Waals surface area contributed by atoms with E-state index < -0.39 is 12.0 Å². The number of aromatic amines is 1. The first-order chi connectivity index (χ1) is 11.6. The van der Waals surface area contributed by atoms with Crippen LogP contribution in [0.3, 0.4) is 0 Å². The Hall–Kier alpha value is -2.67. The number of nitrogens with one attached hydrogen (secondary N) is 1. The lowest BCUT2D eigenvalue weighted by Gasteiger charge is -2.29. The van der Waals surface area contributed by atoms with Gasteiger partial charge < -0.3 is 19.7 Å². The zero-order valence-electron chi connectivity index (χ0n) is 13.4. The number of carbonyl (C=O) groups excluding carboxylic acids is 1. The molecule has 0 saturated heterocycles. The fourth-order valence-electron chi connectivity index (χ4n) is 2.72. The van der Waals surface area contributed by atoms with Gasteiger partial charge in [0.15, 0.2) is 6.10 Å². The Morgan fingerprint density at radius 1 is 1.46 bits per heavy atom. The fraction of sp³-hybridized carbons (Fsp3) is 0.353. The highest BCUT2D eigenvalue weighted by atomic mass is 16.5. The van der Waals surface area contributed by atoms with Crippen LogP contribution < -0.4 is 10.3 Å². The number of amides is 1.